The number of hydrogen-bond donors (Lipinski definition) is 0. The van der Waals surface area contributed by atoms with Crippen molar-refractivity contribution in [2.75, 3.05) is 0 Å². The molecule has 0 unspecified atom stereocenters. The minimum Gasteiger partial charge on any atom is -0.298 e. The lowest BCUT2D eigenvalue weighted by atomic mass is 10.0. The smallest absolute Gasteiger partial charge is 0.153 e. The number of pyridine rings is 1. The Morgan fingerprint density at radius 1 is 1.17 bits per heavy atom. The Hall–Kier alpha value is -2.03. The summed E-state index contributed by atoms with van der Waals surface area (Å²) < 4.78 is 13.2. The molecule has 0 atom stereocenters. The largest absolute Gasteiger partial charge is 0.298 e. The Labute approximate surface area is 104 Å². The SMILES string of the molecule is O=Cc1cc(-c2ccc(C3CC3)nc2)ccc1F. The third-order valence-corrected chi connectivity index (χ3v) is 3.24. The van der Waals surface area contributed by atoms with Gasteiger partial charge in [-0.05, 0) is 36.6 Å². The van der Waals surface area contributed by atoms with E-state index in [1.54, 1.807) is 18.3 Å². The van der Waals surface area contributed by atoms with Crippen LogP contribution in [0, 0.1) is 5.82 Å². The topological polar surface area (TPSA) is 30.0 Å². The first kappa shape index (κ1) is 11.1. The lowest BCUT2D eigenvalue weighted by molar-refractivity contribution is 0.112. The molecule has 0 amide bonds. The quantitative estimate of drug-likeness (QED) is 0.769. The number of benzene rings is 1. The molecule has 0 saturated heterocycles. The van der Waals surface area contributed by atoms with E-state index in [4.69, 9.17) is 0 Å². The van der Waals surface area contributed by atoms with Gasteiger partial charge >= 0.3 is 0 Å². The molecule has 90 valence electrons. The molecule has 1 saturated carbocycles. The summed E-state index contributed by atoms with van der Waals surface area (Å²) in [4.78, 5) is 15.1. The Morgan fingerprint density at radius 3 is 2.56 bits per heavy atom. The molecule has 0 aliphatic heterocycles. The van der Waals surface area contributed by atoms with Crippen molar-refractivity contribution in [1.29, 1.82) is 0 Å². The van der Waals surface area contributed by atoms with Gasteiger partial charge in [-0.15, -0.1) is 0 Å². The third kappa shape index (κ3) is 2.04. The molecule has 3 rings (SSSR count). The Balaban J connectivity index is 1.95. The van der Waals surface area contributed by atoms with Gasteiger partial charge in [-0.25, -0.2) is 4.39 Å². The van der Waals surface area contributed by atoms with Gasteiger partial charge in [0.2, 0.25) is 0 Å². The van der Waals surface area contributed by atoms with Crippen molar-refractivity contribution in [2.24, 2.45) is 0 Å². The van der Waals surface area contributed by atoms with E-state index in [1.807, 2.05) is 12.1 Å². The minimum absolute atomic E-state index is 0.0822. The van der Waals surface area contributed by atoms with Crippen molar-refractivity contribution in [3.8, 4) is 11.1 Å². The van der Waals surface area contributed by atoms with Crippen LogP contribution in [0.1, 0.15) is 34.8 Å². The van der Waals surface area contributed by atoms with Crippen molar-refractivity contribution in [2.45, 2.75) is 18.8 Å². The van der Waals surface area contributed by atoms with E-state index < -0.39 is 5.82 Å². The van der Waals surface area contributed by atoms with Crippen molar-refractivity contribution < 1.29 is 9.18 Å². The van der Waals surface area contributed by atoms with Crippen LogP contribution in [0.4, 0.5) is 4.39 Å². The van der Waals surface area contributed by atoms with E-state index in [2.05, 4.69) is 4.98 Å². The molecule has 2 aromatic rings. The summed E-state index contributed by atoms with van der Waals surface area (Å²) in [5.74, 6) is 0.133. The molecule has 0 spiro atoms. The molecule has 0 bridgehead atoms. The van der Waals surface area contributed by atoms with Crippen molar-refractivity contribution in [1.82, 2.24) is 4.98 Å². The van der Waals surface area contributed by atoms with Gasteiger partial charge in [0.1, 0.15) is 5.82 Å². The van der Waals surface area contributed by atoms with E-state index in [0.717, 1.165) is 16.8 Å². The molecule has 1 fully saturated rings. The molecule has 1 aliphatic carbocycles. The van der Waals surface area contributed by atoms with E-state index in [9.17, 15) is 9.18 Å². The average molecular weight is 241 g/mol. The zero-order valence-electron chi connectivity index (χ0n) is 9.77. The van der Waals surface area contributed by atoms with Crippen LogP contribution < -0.4 is 0 Å². The van der Waals surface area contributed by atoms with Crippen LogP contribution in [0.3, 0.4) is 0 Å². The summed E-state index contributed by atoms with van der Waals surface area (Å²) in [5.41, 5.74) is 2.92. The number of rotatable bonds is 3. The maximum absolute atomic E-state index is 13.2. The van der Waals surface area contributed by atoms with Gasteiger partial charge in [-0.2, -0.15) is 0 Å². The third-order valence-electron chi connectivity index (χ3n) is 3.24. The number of nitrogens with zero attached hydrogens (tertiary/aromatic N) is 1. The summed E-state index contributed by atoms with van der Waals surface area (Å²) >= 11 is 0. The molecule has 1 heterocycles. The lowest BCUT2D eigenvalue weighted by Gasteiger charge is -2.04. The molecule has 18 heavy (non-hydrogen) atoms. The maximum Gasteiger partial charge on any atom is 0.153 e. The van der Waals surface area contributed by atoms with Gasteiger partial charge in [0.25, 0.3) is 0 Å². The zero-order valence-corrected chi connectivity index (χ0v) is 9.77. The van der Waals surface area contributed by atoms with Crippen LogP contribution in [-0.2, 0) is 0 Å². The first-order valence-corrected chi connectivity index (χ1v) is 5.99. The number of aromatic nitrogens is 1. The standard InChI is InChI=1S/C15H12FNO/c16-14-5-3-11(7-13(14)9-18)12-4-6-15(17-8-12)10-1-2-10/h3-10H,1-2H2. The van der Waals surface area contributed by atoms with E-state index >= 15 is 0 Å². The fraction of sp³-hybridized carbons (Fsp3) is 0.200. The molecular weight excluding hydrogens is 229 g/mol. The Bertz CT molecular complexity index is 588. The van der Waals surface area contributed by atoms with Gasteiger partial charge in [-0.3, -0.25) is 9.78 Å². The van der Waals surface area contributed by atoms with E-state index in [0.29, 0.717) is 12.2 Å². The number of halogens is 1. The summed E-state index contributed by atoms with van der Waals surface area (Å²) in [5, 5.41) is 0. The highest BCUT2D eigenvalue weighted by Crippen LogP contribution is 2.39. The molecule has 0 N–H and O–H groups in total. The average Bonchev–Trinajstić information content (AvgIpc) is 3.24. The second-order valence-corrected chi connectivity index (χ2v) is 4.60. The number of carbonyl (C=O) groups is 1. The second-order valence-electron chi connectivity index (χ2n) is 4.60. The van der Waals surface area contributed by atoms with Gasteiger partial charge in [-0.1, -0.05) is 12.1 Å². The lowest BCUT2D eigenvalue weighted by Crippen LogP contribution is -1.90. The molecule has 3 heteroatoms. The van der Waals surface area contributed by atoms with Gasteiger partial charge < -0.3 is 0 Å². The van der Waals surface area contributed by atoms with Crippen LogP contribution in [0.2, 0.25) is 0 Å². The van der Waals surface area contributed by atoms with Crippen molar-refractivity contribution in [3.63, 3.8) is 0 Å². The highest BCUT2D eigenvalue weighted by molar-refractivity contribution is 5.79. The van der Waals surface area contributed by atoms with Gasteiger partial charge in [0, 0.05) is 23.4 Å². The molecule has 1 aromatic carbocycles. The summed E-state index contributed by atoms with van der Waals surface area (Å²) in [6, 6.07) is 8.51. The van der Waals surface area contributed by atoms with Crippen LogP contribution >= 0.6 is 0 Å². The number of aldehydes is 1. The molecule has 1 aliphatic rings. The predicted molar refractivity (Wildman–Crippen MR) is 67.0 cm³/mol. The number of carbonyl (C=O) groups excluding carboxylic acids is 1. The molecule has 2 nitrogen and oxygen atoms in total. The monoisotopic (exact) mass is 241 g/mol. The molecular formula is C15H12FNO. The van der Waals surface area contributed by atoms with Crippen LogP contribution in [0.25, 0.3) is 11.1 Å². The number of hydrogen-bond acceptors (Lipinski definition) is 2. The summed E-state index contributed by atoms with van der Waals surface area (Å²) in [6.45, 7) is 0. The zero-order chi connectivity index (χ0) is 12.5. The molecule has 1 aromatic heterocycles. The first-order chi connectivity index (χ1) is 8.78. The first-order valence-electron chi connectivity index (χ1n) is 5.99. The summed E-state index contributed by atoms with van der Waals surface area (Å²) in [6.07, 6.45) is 4.76. The Kier molecular flexibility index (Phi) is 2.67. The van der Waals surface area contributed by atoms with Crippen molar-refractivity contribution >= 4 is 6.29 Å². The normalized spacial score (nSPS) is 14.5. The Morgan fingerprint density at radius 2 is 1.94 bits per heavy atom. The van der Waals surface area contributed by atoms with Gasteiger partial charge in [0.15, 0.2) is 6.29 Å². The predicted octanol–water partition coefficient (Wildman–Crippen LogP) is 3.58. The van der Waals surface area contributed by atoms with E-state index in [-0.39, 0.29) is 5.56 Å². The highest BCUT2D eigenvalue weighted by Gasteiger charge is 2.24. The van der Waals surface area contributed by atoms with Crippen LogP contribution in [0.5, 0.6) is 0 Å². The fourth-order valence-corrected chi connectivity index (χ4v) is 2.01. The van der Waals surface area contributed by atoms with E-state index in [1.165, 1.54) is 18.9 Å². The van der Waals surface area contributed by atoms with Crippen LogP contribution in [-0.4, -0.2) is 11.3 Å². The molecule has 0 radical (unpaired) electrons. The minimum atomic E-state index is -0.490. The highest BCUT2D eigenvalue weighted by atomic mass is 19.1. The van der Waals surface area contributed by atoms with Crippen LogP contribution in [0.15, 0.2) is 36.5 Å². The van der Waals surface area contributed by atoms with Gasteiger partial charge in [0.05, 0.1) is 5.56 Å². The fourth-order valence-electron chi connectivity index (χ4n) is 2.01. The summed E-state index contributed by atoms with van der Waals surface area (Å²) in [7, 11) is 0. The maximum atomic E-state index is 13.2. The second kappa shape index (κ2) is 4.33. The van der Waals surface area contributed by atoms with Crippen molar-refractivity contribution in [3.05, 3.63) is 53.6 Å².